The third kappa shape index (κ3) is 4.64. The molecule has 0 aromatic heterocycles. The maximum atomic E-state index is 14.7. The van der Waals surface area contributed by atoms with Gasteiger partial charge in [0, 0.05) is 24.5 Å². The second-order valence-corrected chi connectivity index (χ2v) is 8.34. The summed E-state index contributed by atoms with van der Waals surface area (Å²) in [5.74, 6) is -1.54. The molecule has 0 aliphatic carbocycles. The van der Waals surface area contributed by atoms with Crippen LogP contribution in [0.5, 0.6) is 0 Å². The highest BCUT2D eigenvalue weighted by molar-refractivity contribution is 6.12. The Bertz CT molecular complexity index is 1420. The van der Waals surface area contributed by atoms with Crippen molar-refractivity contribution < 1.29 is 13.6 Å². The van der Waals surface area contributed by atoms with Crippen LogP contribution >= 0.6 is 0 Å². The zero-order valence-corrected chi connectivity index (χ0v) is 18.7. The Morgan fingerprint density at radius 2 is 1.69 bits per heavy atom. The van der Waals surface area contributed by atoms with Crippen LogP contribution in [0, 0.1) is 23.0 Å². The number of allylic oxidation sites excluding steroid dienone is 1. The predicted octanol–water partition coefficient (Wildman–Crippen LogP) is 5.47. The fourth-order valence-corrected chi connectivity index (χ4v) is 4.29. The van der Waals surface area contributed by atoms with E-state index in [0.29, 0.717) is 29.0 Å². The van der Waals surface area contributed by atoms with Crippen molar-refractivity contribution in [2.75, 3.05) is 0 Å². The standard InChI is InChI=1S/C28H20F2N4O/c29-22-11-12-23(24(30)15-22)21-10-13-25(19-4-2-1-3-5-19)33-34-27(14-21)32-26(16-28(34)35)20-8-6-18(17-31)7-9-20/h1-12,15,27H,13-14,16H2. The maximum Gasteiger partial charge on any atom is 0.250 e. The van der Waals surface area contributed by atoms with Gasteiger partial charge < -0.3 is 0 Å². The summed E-state index contributed by atoms with van der Waals surface area (Å²) in [5, 5.41) is 15.1. The van der Waals surface area contributed by atoms with Crippen molar-refractivity contribution in [1.29, 1.82) is 5.26 Å². The molecule has 0 spiro atoms. The molecule has 0 radical (unpaired) electrons. The molecule has 5 nitrogen and oxygen atoms in total. The van der Waals surface area contributed by atoms with Crippen LogP contribution in [0.4, 0.5) is 8.78 Å². The lowest BCUT2D eigenvalue weighted by molar-refractivity contribution is -0.132. The molecule has 3 aromatic carbocycles. The molecule has 2 heterocycles. The number of hydrazone groups is 1. The van der Waals surface area contributed by atoms with E-state index in [-0.39, 0.29) is 24.3 Å². The summed E-state index contributed by atoms with van der Waals surface area (Å²) in [4.78, 5) is 18.1. The minimum absolute atomic E-state index is 0.0535. The highest BCUT2D eigenvalue weighted by Gasteiger charge is 2.33. The minimum atomic E-state index is -0.698. The van der Waals surface area contributed by atoms with Crippen LogP contribution < -0.4 is 0 Å². The zero-order valence-electron chi connectivity index (χ0n) is 18.7. The number of nitrogens with zero attached hydrogens (tertiary/aromatic N) is 4. The summed E-state index contributed by atoms with van der Waals surface area (Å²) in [6.07, 6.45) is 1.82. The van der Waals surface area contributed by atoms with Crippen LogP contribution in [0.2, 0.25) is 0 Å². The van der Waals surface area contributed by atoms with Gasteiger partial charge in [0.2, 0.25) is 0 Å². The first-order chi connectivity index (χ1) is 17.0. The maximum absolute atomic E-state index is 14.7. The molecule has 0 fully saturated rings. The van der Waals surface area contributed by atoms with E-state index in [1.165, 1.54) is 17.1 Å². The average Bonchev–Trinajstić information content (AvgIpc) is 2.86. The molecule has 1 atom stereocenters. The Balaban J connectivity index is 1.60. The number of benzene rings is 3. The number of hydrogen-bond acceptors (Lipinski definition) is 4. The molecule has 7 heteroatoms. The lowest BCUT2D eigenvalue weighted by Gasteiger charge is -2.32. The van der Waals surface area contributed by atoms with E-state index in [9.17, 15) is 13.6 Å². The Morgan fingerprint density at radius 1 is 0.943 bits per heavy atom. The van der Waals surface area contributed by atoms with Gasteiger partial charge in [-0.3, -0.25) is 9.79 Å². The van der Waals surface area contributed by atoms with Crippen LogP contribution in [0.1, 0.15) is 41.5 Å². The molecule has 0 saturated carbocycles. The Morgan fingerprint density at radius 3 is 2.40 bits per heavy atom. The molecule has 1 amide bonds. The number of carbonyl (C=O) groups is 1. The van der Waals surface area contributed by atoms with Gasteiger partial charge in [-0.1, -0.05) is 48.5 Å². The van der Waals surface area contributed by atoms with E-state index in [2.05, 4.69) is 11.2 Å². The Labute approximate surface area is 201 Å². The van der Waals surface area contributed by atoms with Crippen LogP contribution in [-0.4, -0.2) is 28.5 Å². The molecule has 3 aromatic rings. The van der Waals surface area contributed by atoms with Crippen molar-refractivity contribution in [3.63, 3.8) is 0 Å². The van der Waals surface area contributed by atoms with Crippen molar-refractivity contribution in [3.8, 4) is 6.07 Å². The normalized spacial score (nSPS) is 17.9. The third-order valence-electron chi connectivity index (χ3n) is 6.07. The monoisotopic (exact) mass is 466 g/mol. The smallest absolute Gasteiger partial charge is 0.250 e. The van der Waals surface area contributed by atoms with Crippen molar-refractivity contribution in [2.24, 2.45) is 10.1 Å². The summed E-state index contributed by atoms with van der Waals surface area (Å²) in [6.45, 7) is 0. The lowest BCUT2D eigenvalue weighted by Crippen LogP contribution is -2.42. The van der Waals surface area contributed by atoms with Crippen LogP contribution in [0.3, 0.4) is 0 Å². The second kappa shape index (κ2) is 9.43. The molecule has 0 bridgehead atoms. The molecule has 35 heavy (non-hydrogen) atoms. The molecule has 5 rings (SSSR count). The van der Waals surface area contributed by atoms with Gasteiger partial charge in [0.15, 0.2) is 0 Å². The predicted molar refractivity (Wildman–Crippen MR) is 129 cm³/mol. The number of nitriles is 1. The van der Waals surface area contributed by atoms with Gasteiger partial charge in [-0.25, -0.2) is 13.8 Å². The van der Waals surface area contributed by atoms with Gasteiger partial charge in [0.1, 0.15) is 17.8 Å². The molecular formula is C28H20F2N4O. The summed E-state index contributed by atoms with van der Waals surface area (Å²) >= 11 is 0. The topological polar surface area (TPSA) is 68.8 Å². The van der Waals surface area contributed by atoms with Crippen molar-refractivity contribution >= 4 is 22.9 Å². The van der Waals surface area contributed by atoms with E-state index < -0.39 is 17.8 Å². The van der Waals surface area contributed by atoms with Gasteiger partial charge in [0.05, 0.1) is 29.5 Å². The Kier molecular flexibility index (Phi) is 6.02. The fourth-order valence-electron chi connectivity index (χ4n) is 4.29. The number of rotatable bonds is 3. The molecule has 2 aliphatic heterocycles. The van der Waals surface area contributed by atoms with E-state index >= 15 is 0 Å². The van der Waals surface area contributed by atoms with Crippen molar-refractivity contribution in [2.45, 2.75) is 25.4 Å². The van der Waals surface area contributed by atoms with Crippen LogP contribution in [0.25, 0.3) is 5.57 Å². The SMILES string of the molecule is N#Cc1ccc(C2=NC3CC(c4ccc(F)cc4F)=CCC(c4ccccc4)=NN3C(=O)C2)cc1. The lowest BCUT2D eigenvalue weighted by atomic mass is 9.95. The Hall–Kier alpha value is -4.44. The summed E-state index contributed by atoms with van der Waals surface area (Å²) < 4.78 is 28.3. The first-order valence-electron chi connectivity index (χ1n) is 11.2. The highest BCUT2D eigenvalue weighted by atomic mass is 19.1. The van der Waals surface area contributed by atoms with Gasteiger partial charge in [-0.2, -0.15) is 10.4 Å². The number of aliphatic imine (C=N–C) groups is 1. The number of carbonyl (C=O) groups excluding carboxylic acids is 1. The summed E-state index contributed by atoms with van der Waals surface area (Å²) in [7, 11) is 0. The molecule has 2 aliphatic rings. The fraction of sp³-hybridized carbons (Fsp3) is 0.143. The van der Waals surface area contributed by atoms with Gasteiger partial charge >= 0.3 is 0 Å². The van der Waals surface area contributed by atoms with Gasteiger partial charge in [-0.05, 0) is 41.0 Å². The number of hydrogen-bond donors (Lipinski definition) is 0. The average molecular weight is 466 g/mol. The van der Waals surface area contributed by atoms with Crippen molar-refractivity contribution in [3.05, 3.63) is 113 Å². The van der Waals surface area contributed by atoms with Gasteiger partial charge in [-0.15, -0.1) is 0 Å². The van der Waals surface area contributed by atoms with Crippen molar-refractivity contribution in [1.82, 2.24) is 5.01 Å². The number of fused-ring (bicyclic) bond motifs is 1. The number of halogens is 2. The molecule has 172 valence electrons. The van der Waals surface area contributed by atoms with E-state index in [1.54, 1.807) is 24.3 Å². The van der Waals surface area contributed by atoms with E-state index in [0.717, 1.165) is 17.2 Å². The summed E-state index contributed by atoms with van der Waals surface area (Å²) in [5.41, 5.74) is 4.23. The van der Waals surface area contributed by atoms with Gasteiger partial charge in [0.25, 0.3) is 5.91 Å². The summed E-state index contributed by atoms with van der Waals surface area (Å²) in [6, 6.07) is 21.9. The quantitative estimate of drug-likeness (QED) is 0.514. The first-order valence-corrected chi connectivity index (χ1v) is 11.2. The van der Waals surface area contributed by atoms with E-state index in [4.69, 9.17) is 10.3 Å². The first kappa shape index (κ1) is 22.4. The van der Waals surface area contributed by atoms with Crippen LogP contribution in [0.15, 0.2) is 89.0 Å². The molecule has 1 unspecified atom stereocenters. The van der Waals surface area contributed by atoms with Crippen LogP contribution in [-0.2, 0) is 4.79 Å². The molecular weight excluding hydrogens is 446 g/mol. The zero-order chi connectivity index (χ0) is 24.4. The minimum Gasteiger partial charge on any atom is -0.272 e. The largest absolute Gasteiger partial charge is 0.272 e. The highest BCUT2D eigenvalue weighted by Crippen LogP contribution is 2.31. The number of amides is 1. The second-order valence-electron chi connectivity index (χ2n) is 8.34. The third-order valence-corrected chi connectivity index (χ3v) is 6.07. The van der Waals surface area contributed by atoms with E-state index in [1.807, 2.05) is 36.4 Å². The molecule has 0 N–H and O–H groups in total. The molecule has 0 saturated heterocycles.